The van der Waals surface area contributed by atoms with Crippen LogP contribution in [0.1, 0.15) is 76.7 Å². The fraction of sp³-hybridized carbons (Fsp3) is 0.727. The van der Waals surface area contributed by atoms with E-state index in [9.17, 15) is 4.39 Å². The molecular weight excluding hydrogens is 283 g/mol. The summed E-state index contributed by atoms with van der Waals surface area (Å²) in [6, 6.07) is 7.10. The molecule has 0 radical (unpaired) electrons. The Bertz CT molecular complexity index is 463. The third kappa shape index (κ3) is 4.81. The van der Waals surface area contributed by atoms with Gasteiger partial charge in [-0.05, 0) is 86.3 Å². The Morgan fingerprint density at radius 3 is 2.57 bits per heavy atom. The average Bonchev–Trinajstić information content (AvgIpc) is 2.57. The molecule has 1 aromatic carbocycles. The standard InChI is InChI=1S/C22H33F/c1-2-3-5-18-14-19-8-11-20(21(15-18)16-19)7-4-6-17-9-12-22(23)13-10-17/h9-10,12-13,18-21H,2-8,11,14-16H2,1H3. The Morgan fingerprint density at radius 1 is 0.957 bits per heavy atom. The van der Waals surface area contributed by atoms with Gasteiger partial charge in [0.25, 0.3) is 0 Å². The van der Waals surface area contributed by atoms with Crippen molar-refractivity contribution in [1.82, 2.24) is 0 Å². The molecule has 1 heteroatoms. The molecule has 0 aliphatic heterocycles. The molecule has 4 atom stereocenters. The molecule has 4 unspecified atom stereocenters. The second kappa shape index (κ2) is 8.31. The van der Waals surface area contributed by atoms with E-state index in [0.29, 0.717) is 0 Å². The SMILES string of the molecule is CCCCC1CC2CCC(CCCc3ccc(F)cc3)C(C1)C2. The summed E-state index contributed by atoms with van der Waals surface area (Å²) in [5, 5.41) is 0. The monoisotopic (exact) mass is 316 g/mol. The van der Waals surface area contributed by atoms with Crippen LogP contribution < -0.4 is 0 Å². The molecule has 0 nitrogen and oxygen atoms in total. The third-order valence-electron chi connectivity index (χ3n) is 6.47. The molecule has 0 heterocycles. The minimum absolute atomic E-state index is 0.118. The summed E-state index contributed by atoms with van der Waals surface area (Å²) in [5.41, 5.74) is 1.30. The minimum atomic E-state index is -0.118. The molecule has 2 aliphatic carbocycles. The van der Waals surface area contributed by atoms with Gasteiger partial charge in [-0.1, -0.05) is 44.7 Å². The van der Waals surface area contributed by atoms with E-state index in [1.54, 1.807) is 12.1 Å². The zero-order chi connectivity index (χ0) is 16.1. The van der Waals surface area contributed by atoms with Crippen molar-refractivity contribution in [3.63, 3.8) is 0 Å². The summed E-state index contributed by atoms with van der Waals surface area (Å²) in [6.07, 6.45) is 15.6. The molecule has 128 valence electrons. The van der Waals surface area contributed by atoms with Crippen LogP contribution in [0.5, 0.6) is 0 Å². The molecule has 0 N–H and O–H groups in total. The van der Waals surface area contributed by atoms with Crippen LogP contribution in [0, 0.1) is 29.5 Å². The number of fused-ring (bicyclic) bond motifs is 2. The Morgan fingerprint density at radius 2 is 1.78 bits per heavy atom. The number of benzene rings is 1. The number of aryl methyl sites for hydroxylation is 1. The predicted molar refractivity (Wildman–Crippen MR) is 95.9 cm³/mol. The van der Waals surface area contributed by atoms with Crippen LogP contribution in [-0.4, -0.2) is 0 Å². The van der Waals surface area contributed by atoms with E-state index in [1.807, 2.05) is 12.1 Å². The summed E-state index contributed by atoms with van der Waals surface area (Å²) in [4.78, 5) is 0. The largest absolute Gasteiger partial charge is 0.207 e. The molecule has 0 aromatic heterocycles. The lowest BCUT2D eigenvalue weighted by Crippen LogP contribution is -2.33. The molecule has 1 aromatic rings. The smallest absolute Gasteiger partial charge is 0.123 e. The number of hydrogen-bond acceptors (Lipinski definition) is 0. The van der Waals surface area contributed by atoms with Gasteiger partial charge in [0, 0.05) is 0 Å². The second-order valence-corrected chi connectivity index (χ2v) is 8.20. The average molecular weight is 317 g/mol. The van der Waals surface area contributed by atoms with Crippen LogP contribution in [-0.2, 0) is 6.42 Å². The van der Waals surface area contributed by atoms with Crippen molar-refractivity contribution in [3.05, 3.63) is 35.6 Å². The van der Waals surface area contributed by atoms with Gasteiger partial charge >= 0.3 is 0 Å². The van der Waals surface area contributed by atoms with Crippen LogP contribution in [0.3, 0.4) is 0 Å². The normalized spacial score (nSPS) is 30.3. The second-order valence-electron chi connectivity index (χ2n) is 8.20. The van der Waals surface area contributed by atoms with E-state index in [4.69, 9.17) is 0 Å². The maximum atomic E-state index is 13.0. The molecule has 0 saturated heterocycles. The lowest BCUT2D eigenvalue weighted by atomic mass is 9.62. The van der Waals surface area contributed by atoms with Crippen molar-refractivity contribution in [1.29, 1.82) is 0 Å². The van der Waals surface area contributed by atoms with E-state index < -0.39 is 0 Å². The number of rotatable bonds is 7. The summed E-state index contributed by atoms with van der Waals surface area (Å²) < 4.78 is 13.0. The van der Waals surface area contributed by atoms with Crippen molar-refractivity contribution in [3.8, 4) is 0 Å². The Kier molecular flexibility index (Phi) is 6.14. The van der Waals surface area contributed by atoms with E-state index in [2.05, 4.69) is 6.92 Å². The molecular formula is C22H33F. The third-order valence-corrected chi connectivity index (χ3v) is 6.47. The van der Waals surface area contributed by atoms with Gasteiger partial charge in [-0.2, -0.15) is 0 Å². The summed E-state index contributed by atoms with van der Waals surface area (Å²) >= 11 is 0. The summed E-state index contributed by atoms with van der Waals surface area (Å²) in [5.74, 6) is 3.93. The van der Waals surface area contributed by atoms with E-state index in [-0.39, 0.29) is 5.82 Å². The van der Waals surface area contributed by atoms with E-state index >= 15 is 0 Å². The van der Waals surface area contributed by atoms with Crippen LogP contribution >= 0.6 is 0 Å². The molecule has 0 spiro atoms. The highest BCUT2D eigenvalue weighted by molar-refractivity contribution is 5.16. The first kappa shape index (κ1) is 17.0. The number of unbranched alkanes of at least 4 members (excludes halogenated alkanes) is 1. The first-order valence-corrected chi connectivity index (χ1v) is 9.99. The van der Waals surface area contributed by atoms with E-state index in [1.165, 1.54) is 69.8 Å². The maximum Gasteiger partial charge on any atom is 0.123 e. The first-order valence-electron chi connectivity index (χ1n) is 9.99. The number of halogens is 1. The lowest BCUT2D eigenvalue weighted by Gasteiger charge is -2.44. The topological polar surface area (TPSA) is 0 Å². The van der Waals surface area contributed by atoms with Gasteiger partial charge in [0.15, 0.2) is 0 Å². The Hall–Kier alpha value is -0.850. The zero-order valence-electron chi connectivity index (χ0n) is 14.8. The fourth-order valence-corrected chi connectivity index (χ4v) is 5.25. The lowest BCUT2D eigenvalue weighted by molar-refractivity contribution is 0.0732. The van der Waals surface area contributed by atoms with Gasteiger partial charge < -0.3 is 0 Å². The molecule has 2 bridgehead atoms. The Balaban J connectivity index is 1.45. The highest BCUT2D eigenvalue weighted by Gasteiger charge is 2.36. The fourth-order valence-electron chi connectivity index (χ4n) is 5.25. The summed E-state index contributed by atoms with van der Waals surface area (Å²) in [6.45, 7) is 2.32. The molecule has 2 fully saturated rings. The first-order chi connectivity index (χ1) is 11.2. The predicted octanol–water partition coefficient (Wildman–Crippen LogP) is 6.78. The minimum Gasteiger partial charge on any atom is -0.207 e. The van der Waals surface area contributed by atoms with Gasteiger partial charge in [-0.15, -0.1) is 0 Å². The van der Waals surface area contributed by atoms with Crippen LogP contribution in [0.4, 0.5) is 4.39 Å². The van der Waals surface area contributed by atoms with Crippen molar-refractivity contribution < 1.29 is 4.39 Å². The molecule has 2 aliphatic rings. The van der Waals surface area contributed by atoms with Gasteiger partial charge in [-0.25, -0.2) is 4.39 Å². The van der Waals surface area contributed by atoms with Gasteiger partial charge in [-0.3, -0.25) is 0 Å². The van der Waals surface area contributed by atoms with Crippen molar-refractivity contribution in [2.45, 2.75) is 77.6 Å². The molecule has 2 saturated carbocycles. The van der Waals surface area contributed by atoms with Crippen molar-refractivity contribution in [2.24, 2.45) is 23.7 Å². The highest BCUT2D eigenvalue weighted by Crippen LogP contribution is 2.48. The van der Waals surface area contributed by atoms with E-state index in [0.717, 1.165) is 30.1 Å². The van der Waals surface area contributed by atoms with Crippen LogP contribution in [0.15, 0.2) is 24.3 Å². The molecule has 0 amide bonds. The van der Waals surface area contributed by atoms with Crippen molar-refractivity contribution >= 4 is 0 Å². The highest BCUT2D eigenvalue weighted by atomic mass is 19.1. The Labute approximate surface area is 141 Å². The summed E-state index contributed by atoms with van der Waals surface area (Å²) in [7, 11) is 0. The molecule has 23 heavy (non-hydrogen) atoms. The van der Waals surface area contributed by atoms with Gasteiger partial charge in [0.1, 0.15) is 5.82 Å². The quantitative estimate of drug-likeness (QED) is 0.520. The zero-order valence-corrected chi connectivity index (χ0v) is 14.8. The molecule has 3 rings (SSSR count). The van der Waals surface area contributed by atoms with Gasteiger partial charge in [0.05, 0.1) is 0 Å². The van der Waals surface area contributed by atoms with Crippen LogP contribution in [0.25, 0.3) is 0 Å². The van der Waals surface area contributed by atoms with Crippen molar-refractivity contribution in [2.75, 3.05) is 0 Å². The van der Waals surface area contributed by atoms with Gasteiger partial charge in [0.2, 0.25) is 0 Å². The maximum absolute atomic E-state index is 13.0. The van der Waals surface area contributed by atoms with Crippen LogP contribution in [0.2, 0.25) is 0 Å². The number of hydrogen-bond donors (Lipinski definition) is 0.